The maximum absolute atomic E-state index is 5.58. The second-order valence-electron chi connectivity index (χ2n) is 3.46. The topological polar surface area (TPSA) is 64.1 Å². The molecular formula is C9H15N3O. The van der Waals surface area contributed by atoms with Gasteiger partial charge in [-0.25, -0.2) is 0 Å². The summed E-state index contributed by atoms with van der Waals surface area (Å²) in [5.41, 5.74) is 6.63. The van der Waals surface area contributed by atoms with Crippen molar-refractivity contribution >= 4 is 0 Å². The third-order valence-electron chi connectivity index (χ3n) is 2.56. The van der Waals surface area contributed by atoms with E-state index in [1.807, 2.05) is 0 Å². The Kier molecular flexibility index (Phi) is 2.61. The summed E-state index contributed by atoms with van der Waals surface area (Å²) >= 11 is 0. The van der Waals surface area contributed by atoms with Crippen molar-refractivity contribution in [3.05, 3.63) is 17.5 Å². The van der Waals surface area contributed by atoms with Crippen LogP contribution >= 0.6 is 0 Å². The lowest BCUT2D eigenvalue weighted by atomic mass is 9.95. The molecule has 1 fully saturated rings. The molecule has 1 unspecified atom stereocenters. The van der Waals surface area contributed by atoms with Gasteiger partial charge in [0.2, 0.25) is 0 Å². The Bertz CT molecular complexity index is 266. The zero-order valence-corrected chi connectivity index (χ0v) is 7.62. The van der Waals surface area contributed by atoms with Crippen molar-refractivity contribution in [1.82, 2.24) is 10.5 Å². The first-order chi connectivity index (χ1) is 6.42. The van der Waals surface area contributed by atoms with Crippen molar-refractivity contribution < 1.29 is 4.52 Å². The summed E-state index contributed by atoms with van der Waals surface area (Å²) in [4.78, 5) is 0. The van der Waals surface area contributed by atoms with Crippen LogP contribution in [0.4, 0.5) is 0 Å². The Morgan fingerprint density at radius 1 is 1.69 bits per heavy atom. The van der Waals surface area contributed by atoms with E-state index >= 15 is 0 Å². The standard InChI is InChI=1S/C9H15N3O/c10-4-8-6-12-13-9(8)7-2-1-3-11-5-7/h6-7,11H,1-5,10H2. The number of piperidine rings is 1. The molecule has 2 rings (SSSR count). The molecular weight excluding hydrogens is 166 g/mol. The average Bonchev–Trinajstić information content (AvgIpc) is 2.67. The summed E-state index contributed by atoms with van der Waals surface area (Å²) in [6, 6.07) is 0. The smallest absolute Gasteiger partial charge is 0.145 e. The van der Waals surface area contributed by atoms with E-state index in [-0.39, 0.29) is 0 Å². The molecule has 1 aliphatic heterocycles. The molecule has 4 nitrogen and oxygen atoms in total. The molecule has 1 aromatic heterocycles. The fourth-order valence-electron chi connectivity index (χ4n) is 1.83. The molecule has 13 heavy (non-hydrogen) atoms. The molecule has 0 spiro atoms. The molecule has 1 saturated heterocycles. The zero-order chi connectivity index (χ0) is 9.10. The number of aromatic nitrogens is 1. The van der Waals surface area contributed by atoms with Crippen LogP contribution in [0, 0.1) is 0 Å². The van der Waals surface area contributed by atoms with Crippen LogP contribution in [0.15, 0.2) is 10.7 Å². The summed E-state index contributed by atoms with van der Waals surface area (Å²) < 4.78 is 5.22. The predicted molar refractivity (Wildman–Crippen MR) is 49.2 cm³/mol. The van der Waals surface area contributed by atoms with Crippen LogP contribution in [0.3, 0.4) is 0 Å². The van der Waals surface area contributed by atoms with Crippen LogP contribution < -0.4 is 11.1 Å². The highest BCUT2D eigenvalue weighted by molar-refractivity contribution is 5.18. The minimum absolute atomic E-state index is 0.467. The van der Waals surface area contributed by atoms with E-state index in [0.717, 1.165) is 24.4 Å². The molecule has 0 amide bonds. The van der Waals surface area contributed by atoms with E-state index in [2.05, 4.69) is 10.5 Å². The monoisotopic (exact) mass is 181 g/mol. The van der Waals surface area contributed by atoms with Gasteiger partial charge in [-0.1, -0.05) is 5.16 Å². The van der Waals surface area contributed by atoms with E-state index in [9.17, 15) is 0 Å². The zero-order valence-electron chi connectivity index (χ0n) is 7.62. The van der Waals surface area contributed by atoms with Crippen LogP contribution in [-0.2, 0) is 6.54 Å². The van der Waals surface area contributed by atoms with Crippen molar-refractivity contribution in [1.29, 1.82) is 0 Å². The Morgan fingerprint density at radius 2 is 2.62 bits per heavy atom. The maximum Gasteiger partial charge on any atom is 0.145 e. The number of nitrogens with two attached hydrogens (primary N) is 1. The molecule has 1 atom stereocenters. The second kappa shape index (κ2) is 3.89. The molecule has 1 aromatic rings. The van der Waals surface area contributed by atoms with Gasteiger partial charge in [0.05, 0.1) is 6.20 Å². The fourth-order valence-corrected chi connectivity index (χ4v) is 1.83. The summed E-state index contributed by atoms with van der Waals surface area (Å²) in [6.07, 6.45) is 4.11. The molecule has 0 aliphatic carbocycles. The first-order valence-corrected chi connectivity index (χ1v) is 4.76. The average molecular weight is 181 g/mol. The van der Waals surface area contributed by atoms with Crippen LogP contribution in [0.1, 0.15) is 30.1 Å². The molecule has 2 heterocycles. The number of hydrogen-bond donors (Lipinski definition) is 2. The van der Waals surface area contributed by atoms with E-state index in [0.29, 0.717) is 12.5 Å². The lowest BCUT2D eigenvalue weighted by Gasteiger charge is -2.20. The van der Waals surface area contributed by atoms with Gasteiger partial charge in [0.15, 0.2) is 0 Å². The van der Waals surface area contributed by atoms with E-state index < -0.39 is 0 Å². The minimum Gasteiger partial charge on any atom is -0.361 e. The molecule has 0 radical (unpaired) electrons. The van der Waals surface area contributed by atoms with E-state index in [1.54, 1.807) is 6.20 Å². The summed E-state index contributed by atoms with van der Waals surface area (Å²) in [7, 11) is 0. The highest BCUT2D eigenvalue weighted by Gasteiger charge is 2.21. The van der Waals surface area contributed by atoms with Gasteiger partial charge in [-0.15, -0.1) is 0 Å². The molecule has 0 saturated carbocycles. The van der Waals surface area contributed by atoms with Crippen molar-refractivity contribution in [2.45, 2.75) is 25.3 Å². The summed E-state index contributed by atoms with van der Waals surface area (Å²) in [5, 5.41) is 7.13. The molecule has 1 aliphatic rings. The highest BCUT2D eigenvalue weighted by atomic mass is 16.5. The van der Waals surface area contributed by atoms with E-state index in [1.165, 1.54) is 12.8 Å². The number of hydrogen-bond acceptors (Lipinski definition) is 4. The number of nitrogens with one attached hydrogen (secondary N) is 1. The molecule has 0 bridgehead atoms. The van der Waals surface area contributed by atoms with E-state index in [4.69, 9.17) is 10.3 Å². The SMILES string of the molecule is NCc1cnoc1C1CCCNC1. The van der Waals surface area contributed by atoms with Gasteiger partial charge in [0, 0.05) is 24.6 Å². The number of rotatable bonds is 2. The van der Waals surface area contributed by atoms with Gasteiger partial charge >= 0.3 is 0 Å². The van der Waals surface area contributed by atoms with Gasteiger partial charge in [-0.3, -0.25) is 0 Å². The Labute approximate surface area is 77.5 Å². The van der Waals surface area contributed by atoms with Gasteiger partial charge in [-0.2, -0.15) is 0 Å². The third kappa shape index (κ3) is 1.73. The summed E-state index contributed by atoms with van der Waals surface area (Å²) in [6.45, 7) is 2.63. The molecule has 4 heteroatoms. The van der Waals surface area contributed by atoms with Gasteiger partial charge < -0.3 is 15.6 Å². The quantitative estimate of drug-likeness (QED) is 0.701. The fraction of sp³-hybridized carbons (Fsp3) is 0.667. The minimum atomic E-state index is 0.467. The Hall–Kier alpha value is -0.870. The maximum atomic E-state index is 5.58. The molecule has 3 N–H and O–H groups in total. The van der Waals surface area contributed by atoms with Crippen LogP contribution in [-0.4, -0.2) is 18.2 Å². The predicted octanol–water partition coefficient (Wildman–Crippen LogP) is 0.600. The normalized spacial score (nSPS) is 23.3. The van der Waals surface area contributed by atoms with Crippen LogP contribution in [0.5, 0.6) is 0 Å². The van der Waals surface area contributed by atoms with Crippen LogP contribution in [0.25, 0.3) is 0 Å². The highest BCUT2D eigenvalue weighted by Crippen LogP contribution is 2.25. The molecule has 72 valence electrons. The van der Waals surface area contributed by atoms with Gasteiger partial charge in [-0.05, 0) is 19.4 Å². The second-order valence-corrected chi connectivity index (χ2v) is 3.46. The van der Waals surface area contributed by atoms with Crippen molar-refractivity contribution in [2.75, 3.05) is 13.1 Å². The number of nitrogens with zero attached hydrogens (tertiary/aromatic N) is 1. The lowest BCUT2D eigenvalue weighted by molar-refractivity contribution is 0.327. The van der Waals surface area contributed by atoms with Crippen molar-refractivity contribution in [3.63, 3.8) is 0 Å². The third-order valence-corrected chi connectivity index (χ3v) is 2.56. The van der Waals surface area contributed by atoms with Crippen molar-refractivity contribution in [2.24, 2.45) is 5.73 Å². The largest absolute Gasteiger partial charge is 0.361 e. The molecule has 0 aromatic carbocycles. The first kappa shape index (κ1) is 8.72. The Balaban J connectivity index is 2.13. The van der Waals surface area contributed by atoms with Crippen molar-refractivity contribution in [3.8, 4) is 0 Å². The summed E-state index contributed by atoms with van der Waals surface area (Å²) in [5.74, 6) is 1.45. The van der Waals surface area contributed by atoms with Gasteiger partial charge in [0.1, 0.15) is 5.76 Å². The Morgan fingerprint density at radius 3 is 3.31 bits per heavy atom. The lowest BCUT2D eigenvalue weighted by Crippen LogP contribution is -2.28. The first-order valence-electron chi connectivity index (χ1n) is 4.76. The van der Waals surface area contributed by atoms with Crippen LogP contribution in [0.2, 0.25) is 0 Å². The van der Waals surface area contributed by atoms with Gasteiger partial charge in [0.25, 0.3) is 0 Å².